The number of nitrogens with one attached hydrogen (secondary N) is 1. The number of aromatic hydroxyl groups is 1. The molecular weight excluding hydrogens is 454 g/mol. The van der Waals surface area contributed by atoms with Crippen molar-refractivity contribution in [2.45, 2.75) is 59.3 Å². The summed E-state index contributed by atoms with van der Waals surface area (Å²) in [6.45, 7) is 8.14. The van der Waals surface area contributed by atoms with Crippen molar-refractivity contribution < 1.29 is 19.5 Å². The van der Waals surface area contributed by atoms with Crippen LogP contribution in [0.2, 0.25) is 0 Å². The highest BCUT2D eigenvalue weighted by molar-refractivity contribution is 6.07. The maximum atomic E-state index is 13.7. The highest BCUT2D eigenvalue weighted by Gasteiger charge is 2.50. The number of benzene rings is 1. The third-order valence-electron chi connectivity index (χ3n) is 7.31. The Morgan fingerprint density at radius 2 is 1.42 bits per heavy atom. The average Bonchev–Trinajstić information content (AvgIpc) is 2.79. The summed E-state index contributed by atoms with van der Waals surface area (Å²) in [5.74, 6) is -1.10. The Kier molecular flexibility index (Phi) is 5.62. The highest BCUT2D eigenvalue weighted by atomic mass is 16.3. The van der Waals surface area contributed by atoms with Crippen LogP contribution in [0.5, 0.6) is 5.75 Å². The number of pyridine rings is 1. The van der Waals surface area contributed by atoms with Gasteiger partial charge in [-0.1, -0.05) is 45.9 Å². The maximum absolute atomic E-state index is 13.7. The Balaban J connectivity index is 1.75. The third-order valence-corrected chi connectivity index (χ3v) is 7.31. The molecule has 1 aromatic carbocycles. The number of carbonyl (C=O) groups excluding carboxylic acids is 3. The lowest BCUT2D eigenvalue weighted by Gasteiger charge is -2.48. The molecule has 0 unspecified atom stereocenters. The van der Waals surface area contributed by atoms with Crippen molar-refractivity contribution in [1.82, 2.24) is 15.4 Å². The number of ketones is 2. The van der Waals surface area contributed by atoms with E-state index in [1.54, 1.807) is 47.7 Å². The molecule has 0 bridgehead atoms. The first-order chi connectivity index (χ1) is 17.0. The molecule has 2 aromatic rings. The van der Waals surface area contributed by atoms with Gasteiger partial charge in [0.15, 0.2) is 11.6 Å². The Labute approximate surface area is 210 Å². The molecule has 0 saturated heterocycles. The summed E-state index contributed by atoms with van der Waals surface area (Å²) in [6.07, 6.45) is 4.83. The van der Waals surface area contributed by atoms with Crippen LogP contribution in [0.1, 0.15) is 75.2 Å². The number of para-hydroxylation sites is 1. The van der Waals surface area contributed by atoms with E-state index < -0.39 is 5.92 Å². The molecule has 3 aliphatic rings. The highest BCUT2D eigenvalue weighted by Crippen LogP contribution is 2.54. The van der Waals surface area contributed by atoms with Crippen LogP contribution in [0.3, 0.4) is 0 Å². The largest absolute Gasteiger partial charge is 0.508 e. The van der Waals surface area contributed by atoms with Gasteiger partial charge in [0.1, 0.15) is 5.75 Å². The number of Topliss-reactive ketones (excluding diaryl/α,β-unsaturated/α-hetero) is 2. The Morgan fingerprint density at radius 1 is 0.889 bits per heavy atom. The second kappa shape index (κ2) is 8.43. The predicted molar refractivity (Wildman–Crippen MR) is 134 cm³/mol. The molecule has 1 aromatic heterocycles. The van der Waals surface area contributed by atoms with Crippen molar-refractivity contribution in [1.29, 1.82) is 0 Å². The van der Waals surface area contributed by atoms with Gasteiger partial charge in [0.2, 0.25) is 0 Å². The van der Waals surface area contributed by atoms with Crippen LogP contribution in [0, 0.1) is 10.8 Å². The van der Waals surface area contributed by atoms with E-state index >= 15 is 0 Å². The monoisotopic (exact) mass is 485 g/mol. The van der Waals surface area contributed by atoms with Gasteiger partial charge in [0.25, 0.3) is 5.91 Å². The lowest BCUT2D eigenvalue weighted by Crippen LogP contribution is -2.50. The fraction of sp³-hybridized carbons (Fsp3) is 0.379. The fourth-order valence-corrected chi connectivity index (χ4v) is 5.81. The molecule has 2 heterocycles. The Morgan fingerprint density at radius 3 is 1.94 bits per heavy atom. The SMILES string of the molecule is CC1(C)CC(=O)C2=C(C1)N(NC(=O)c1ccncc1)C1=C(C(=O)CC(C)(C)C1)C2c1ccccc1O. The predicted octanol–water partition coefficient (Wildman–Crippen LogP) is 4.82. The van der Waals surface area contributed by atoms with E-state index in [4.69, 9.17) is 0 Å². The van der Waals surface area contributed by atoms with Gasteiger partial charge < -0.3 is 5.11 Å². The molecule has 5 rings (SSSR count). The molecule has 7 heteroatoms. The van der Waals surface area contributed by atoms with E-state index in [0.29, 0.717) is 59.4 Å². The number of allylic oxidation sites excluding steroid dienone is 4. The van der Waals surface area contributed by atoms with Gasteiger partial charge in [0, 0.05) is 64.8 Å². The van der Waals surface area contributed by atoms with Gasteiger partial charge in [-0.3, -0.25) is 29.8 Å². The van der Waals surface area contributed by atoms with Gasteiger partial charge >= 0.3 is 0 Å². The number of hydrazine groups is 1. The summed E-state index contributed by atoms with van der Waals surface area (Å²) in [5.41, 5.74) is 5.68. The van der Waals surface area contributed by atoms with Crippen LogP contribution in [-0.4, -0.2) is 32.6 Å². The van der Waals surface area contributed by atoms with E-state index in [9.17, 15) is 19.5 Å². The number of aromatic nitrogens is 1. The van der Waals surface area contributed by atoms with E-state index in [-0.39, 0.29) is 34.1 Å². The minimum Gasteiger partial charge on any atom is -0.508 e. The standard InChI is InChI=1S/C29H31N3O4/c1-28(2)13-19-25(22(34)15-28)24(18-7-5-6-8-21(18)33)26-20(14-29(3,4)16-23(26)35)32(19)31-27(36)17-9-11-30-12-10-17/h5-12,24,33H,13-16H2,1-4H3,(H,31,36). The zero-order valence-corrected chi connectivity index (χ0v) is 21.1. The summed E-state index contributed by atoms with van der Waals surface area (Å²) < 4.78 is 0. The summed E-state index contributed by atoms with van der Waals surface area (Å²) in [6, 6.07) is 10.1. The number of hydrogen-bond donors (Lipinski definition) is 2. The van der Waals surface area contributed by atoms with Crippen LogP contribution >= 0.6 is 0 Å². The van der Waals surface area contributed by atoms with Crippen LogP contribution in [0.4, 0.5) is 0 Å². The Bertz CT molecular complexity index is 1280. The maximum Gasteiger partial charge on any atom is 0.270 e. The third kappa shape index (κ3) is 4.12. The lowest BCUT2D eigenvalue weighted by atomic mass is 9.64. The molecule has 36 heavy (non-hydrogen) atoms. The zero-order valence-electron chi connectivity index (χ0n) is 21.1. The summed E-state index contributed by atoms with van der Waals surface area (Å²) >= 11 is 0. The van der Waals surface area contributed by atoms with E-state index in [1.165, 1.54) is 0 Å². The molecule has 0 radical (unpaired) electrons. The van der Waals surface area contributed by atoms with Gasteiger partial charge in [-0.25, -0.2) is 0 Å². The number of phenols is 1. The van der Waals surface area contributed by atoms with E-state index in [0.717, 1.165) is 0 Å². The quantitative estimate of drug-likeness (QED) is 0.647. The van der Waals surface area contributed by atoms with Crippen LogP contribution in [0.15, 0.2) is 71.3 Å². The van der Waals surface area contributed by atoms with Crippen molar-refractivity contribution in [3.05, 3.63) is 82.5 Å². The lowest BCUT2D eigenvalue weighted by molar-refractivity contribution is -0.119. The minimum absolute atomic E-state index is 0.0470. The number of rotatable bonds is 3. The molecular formula is C29H31N3O4. The molecule has 7 nitrogen and oxygen atoms in total. The summed E-state index contributed by atoms with van der Waals surface area (Å²) in [5, 5.41) is 12.5. The number of phenolic OH excluding ortho intramolecular Hbond substituents is 1. The summed E-state index contributed by atoms with van der Waals surface area (Å²) in [4.78, 5) is 44.8. The number of hydrogen-bond acceptors (Lipinski definition) is 6. The first-order valence-electron chi connectivity index (χ1n) is 12.3. The molecule has 2 N–H and O–H groups in total. The van der Waals surface area contributed by atoms with Gasteiger partial charge in [-0.05, 0) is 41.9 Å². The van der Waals surface area contributed by atoms with Gasteiger partial charge in [0.05, 0.1) is 0 Å². The van der Waals surface area contributed by atoms with Crippen molar-refractivity contribution in [2.75, 3.05) is 0 Å². The van der Waals surface area contributed by atoms with Crippen LogP contribution in [0.25, 0.3) is 0 Å². The van der Waals surface area contributed by atoms with E-state index in [1.807, 2.05) is 33.8 Å². The smallest absolute Gasteiger partial charge is 0.270 e. The molecule has 1 aliphatic heterocycles. The minimum atomic E-state index is -0.669. The second-order valence-electron chi connectivity index (χ2n) is 11.6. The van der Waals surface area contributed by atoms with Crippen LogP contribution < -0.4 is 5.43 Å². The normalized spacial score (nSPS) is 21.3. The molecule has 1 amide bonds. The zero-order chi connectivity index (χ0) is 25.8. The molecule has 2 aliphatic carbocycles. The van der Waals surface area contributed by atoms with Crippen molar-refractivity contribution in [3.8, 4) is 5.75 Å². The van der Waals surface area contributed by atoms with Crippen molar-refractivity contribution >= 4 is 17.5 Å². The molecule has 0 fully saturated rings. The second-order valence-corrected chi connectivity index (χ2v) is 11.6. The molecule has 0 atom stereocenters. The van der Waals surface area contributed by atoms with Crippen molar-refractivity contribution in [2.24, 2.45) is 10.8 Å². The van der Waals surface area contributed by atoms with Crippen molar-refractivity contribution in [3.63, 3.8) is 0 Å². The number of nitrogens with zero attached hydrogens (tertiary/aromatic N) is 2. The molecule has 186 valence electrons. The van der Waals surface area contributed by atoms with E-state index in [2.05, 4.69) is 10.4 Å². The topological polar surface area (TPSA) is 99.6 Å². The summed E-state index contributed by atoms with van der Waals surface area (Å²) in [7, 11) is 0. The Hall–Kier alpha value is -3.74. The number of amides is 1. The molecule has 0 saturated carbocycles. The average molecular weight is 486 g/mol. The first kappa shape index (κ1) is 24.0. The number of carbonyl (C=O) groups is 3. The molecule has 0 spiro atoms. The van der Waals surface area contributed by atoms with Gasteiger partial charge in [-0.2, -0.15) is 0 Å². The van der Waals surface area contributed by atoms with Gasteiger partial charge in [-0.15, -0.1) is 0 Å². The fourth-order valence-electron chi connectivity index (χ4n) is 5.81. The van der Waals surface area contributed by atoms with Crippen LogP contribution in [-0.2, 0) is 9.59 Å². The first-order valence-corrected chi connectivity index (χ1v) is 12.3.